The number of nitrogens with one attached hydrogen (secondary N) is 1. The van der Waals surface area contributed by atoms with E-state index >= 15 is 0 Å². The van der Waals surface area contributed by atoms with Gasteiger partial charge in [0.15, 0.2) is 0 Å². The topological polar surface area (TPSA) is 32.3 Å². The quantitative estimate of drug-likeness (QED) is 0.752. The molecule has 1 aromatic rings. The predicted molar refractivity (Wildman–Crippen MR) is 61.4 cm³/mol. The number of benzene rings is 1. The minimum Gasteiger partial charge on any atom is -0.505 e. The van der Waals surface area contributed by atoms with Crippen molar-refractivity contribution in [3.8, 4) is 5.75 Å². The van der Waals surface area contributed by atoms with Crippen LogP contribution in [-0.4, -0.2) is 11.7 Å². The molecular formula is C11H16ClNO. The zero-order chi connectivity index (χ0) is 10.7. The van der Waals surface area contributed by atoms with Crippen LogP contribution in [-0.2, 0) is 0 Å². The number of rotatable bonds is 3. The van der Waals surface area contributed by atoms with E-state index in [1.165, 1.54) is 0 Å². The number of phenolic OH excluding ortho intramolecular Hbond substituents is 1. The van der Waals surface area contributed by atoms with Crippen LogP contribution < -0.4 is 5.32 Å². The molecule has 0 fully saturated rings. The van der Waals surface area contributed by atoms with Gasteiger partial charge in [0.25, 0.3) is 0 Å². The molecule has 2 nitrogen and oxygen atoms in total. The first-order valence-corrected chi connectivity index (χ1v) is 5.20. The van der Waals surface area contributed by atoms with E-state index in [2.05, 4.69) is 5.32 Å². The predicted octanol–water partition coefficient (Wildman–Crippen LogP) is 3.60. The van der Waals surface area contributed by atoms with Gasteiger partial charge in [-0.15, -0.1) is 0 Å². The van der Waals surface area contributed by atoms with Gasteiger partial charge in [-0.05, 0) is 25.0 Å². The number of hydrogen-bond acceptors (Lipinski definition) is 2. The lowest BCUT2D eigenvalue weighted by Crippen LogP contribution is -1.99. The number of halogens is 1. The highest BCUT2D eigenvalue weighted by atomic mass is 35.5. The number of phenols is 1. The maximum atomic E-state index is 9.89. The van der Waals surface area contributed by atoms with Crippen LogP contribution in [0, 0.1) is 0 Å². The molecule has 1 rings (SSSR count). The molecule has 3 heteroatoms. The van der Waals surface area contributed by atoms with Crippen molar-refractivity contribution in [3.63, 3.8) is 0 Å². The fraction of sp³-hybridized carbons (Fsp3) is 0.455. The fourth-order valence-corrected chi connectivity index (χ4v) is 1.61. The molecule has 0 amide bonds. The molecule has 0 heterocycles. The summed E-state index contributed by atoms with van der Waals surface area (Å²) in [5.41, 5.74) is 1.59. The van der Waals surface area contributed by atoms with Crippen molar-refractivity contribution in [2.75, 3.05) is 11.9 Å². The van der Waals surface area contributed by atoms with Gasteiger partial charge in [-0.1, -0.05) is 25.4 Å². The van der Waals surface area contributed by atoms with Crippen LogP contribution in [0.1, 0.15) is 32.3 Å². The first kappa shape index (κ1) is 11.2. The van der Waals surface area contributed by atoms with Gasteiger partial charge in [0.1, 0.15) is 5.75 Å². The SMILES string of the molecule is CCNc1cc(Cl)cc(C(C)C)c1O. The third kappa shape index (κ3) is 2.32. The molecule has 0 spiro atoms. The summed E-state index contributed by atoms with van der Waals surface area (Å²) in [4.78, 5) is 0. The molecular weight excluding hydrogens is 198 g/mol. The second-order valence-corrected chi connectivity index (χ2v) is 4.01. The maximum absolute atomic E-state index is 9.89. The minimum atomic E-state index is 0.270. The number of hydrogen-bond donors (Lipinski definition) is 2. The Morgan fingerprint density at radius 3 is 2.57 bits per heavy atom. The van der Waals surface area contributed by atoms with E-state index < -0.39 is 0 Å². The van der Waals surface area contributed by atoms with Crippen molar-refractivity contribution < 1.29 is 5.11 Å². The van der Waals surface area contributed by atoms with Crippen molar-refractivity contribution >= 4 is 17.3 Å². The third-order valence-corrected chi connectivity index (χ3v) is 2.31. The molecule has 0 bridgehead atoms. The van der Waals surface area contributed by atoms with Crippen LogP contribution in [0.4, 0.5) is 5.69 Å². The summed E-state index contributed by atoms with van der Waals surface area (Å²) in [6.45, 7) is 6.81. The van der Waals surface area contributed by atoms with E-state index in [0.29, 0.717) is 16.5 Å². The van der Waals surface area contributed by atoms with Gasteiger partial charge in [-0.25, -0.2) is 0 Å². The summed E-state index contributed by atoms with van der Waals surface area (Å²) in [6.07, 6.45) is 0. The Morgan fingerprint density at radius 2 is 2.07 bits per heavy atom. The van der Waals surface area contributed by atoms with Crippen molar-refractivity contribution in [2.24, 2.45) is 0 Å². The molecule has 0 aliphatic carbocycles. The fourth-order valence-electron chi connectivity index (χ4n) is 1.39. The molecule has 78 valence electrons. The Bertz CT molecular complexity index is 323. The van der Waals surface area contributed by atoms with Crippen LogP contribution in [0.15, 0.2) is 12.1 Å². The Hall–Kier alpha value is -0.890. The van der Waals surface area contributed by atoms with E-state index in [1.54, 1.807) is 6.07 Å². The van der Waals surface area contributed by atoms with Gasteiger partial charge >= 0.3 is 0 Å². The van der Waals surface area contributed by atoms with Crippen LogP contribution in [0.3, 0.4) is 0 Å². The first-order chi connectivity index (χ1) is 6.56. The molecule has 0 aliphatic rings. The number of aromatic hydroxyl groups is 1. The molecule has 2 N–H and O–H groups in total. The monoisotopic (exact) mass is 213 g/mol. The first-order valence-electron chi connectivity index (χ1n) is 4.82. The summed E-state index contributed by atoms with van der Waals surface area (Å²) < 4.78 is 0. The maximum Gasteiger partial charge on any atom is 0.142 e. The minimum absolute atomic E-state index is 0.270. The van der Waals surface area contributed by atoms with Crippen molar-refractivity contribution in [1.29, 1.82) is 0 Å². The van der Waals surface area contributed by atoms with Crippen LogP contribution >= 0.6 is 11.6 Å². The van der Waals surface area contributed by atoms with E-state index in [-0.39, 0.29) is 5.92 Å². The molecule has 0 atom stereocenters. The lowest BCUT2D eigenvalue weighted by molar-refractivity contribution is 0.467. The molecule has 0 radical (unpaired) electrons. The molecule has 0 saturated heterocycles. The lowest BCUT2D eigenvalue weighted by Gasteiger charge is -2.13. The van der Waals surface area contributed by atoms with E-state index in [0.717, 1.165) is 12.1 Å². The zero-order valence-electron chi connectivity index (χ0n) is 8.76. The summed E-state index contributed by atoms with van der Waals surface area (Å²) >= 11 is 5.95. The normalized spacial score (nSPS) is 10.6. The van der Waals surface area contributed by atoms with Gasteiger partial charge in [-0.3, -0.25) is 0 Å². The molecule has 1 aromatic carbocycles. The van der Waals surface area contributed by atoms with Crippen LogP contribution in [0.2, 0.25) is 5.02 Å². The molecule has 0 unspecified atom stereocenters. The third-order valence-electron chi connectivity index (χ3n) is 2.09. The van der Waals surface area contributed by atoms with Gasteiger partial charge in [0.05, 0.1) is 5.69 Å². The van der Waals surface area contributed by atoms with Crippen molar-refractivity contribution in [2.45, 2.75) is 26.7 Å². The summed E-state index contributed by atoms with van der Waals surface area (Å²) in [5, 5.41) is 13.6. The number of anilines is 1. The van der Waals surface area contributed by atoms with E-state index in [4.69, 9.17) is 11.6 Å². The standard InChI is InChI=1S/C11H16ClNO/c1-4-13-10-6-8(12)5-9(7(2)3)11(10)14/h5-7,13-14H,4H2,1-3H3. The molecule has 0 aromatic heterocycles. The average Bonchev–Trinajstić information content (AvgIpc) is 2.10. The van der Waals surface area contributed by atoms with Gasteiger partial charge in [-0.2, -0.15) is 0 Å². The zero-order valence-corrected chi connectivity index (χ0v) is 9.52. The molecule has 0 saturated carbocycles. The average molecular weight is 214 g/mol. The van der Waals surface area contributed by atoms with Crippen molar-refractivity contribution in [3.05, 3.63) is 22.7 Å². The van der Waals surface area contributed by atoms with Gasteiger partial charge in [0.2, 0.25) is 0 Å². The Labute approximate surface area is 89.9 Å². The summed E-state index contributed by atoms with van der Waals surface area (Å²) in [6, 6.07) is 3.55. The highest BCUT2D eigenvalue weighted by molar-refractivity contribution is 6.31. The van der Waals surface area contributed by atoms with Gasteiger partial charge in [0, 0.05) is 17.1 Å². The smallest absolute Gasteiger partial charge is 0.142 e. The van der Waals surface area contributed by atoms with E-state index in [1.807, 2.05) is 26.8 Å². The van der Waals surface area contributed by atoms with Gasteiger partial charge < -0.3 is 10.4 Å². The van der Waals surface area contributed by atoms with Crippen LogP contribution in [0.5, 0.6) is 5.75 Å². The Balaban J connectivity index is 3.18. The molecule has 0 aliphatic heterocycles. The molecule has 14 heavy (non-hydrogen) atoms. The highest BCUT2D eigenvalue weighted by Gasteiger charge is 2.11. The van der Waals surface area contributed by atoms with Crippen LogP contribution in [0.25, 0.3) is 0 Å². The second-order valence-electron chi connectivity index (χ2n) is 3.58. The van der Waals surface area contributed by atoms with E-state index in [9.17, 15) is 5.11 Å². The Morgan fingerprint density at radius 1 is 1.43 bits per heavy atom. The summed E-state index contributed by atoms with van der Waals surface area (Å²) in [5.74, 6) is 0.581. The Kier molecular flexibility index (Phi) is 3.64. The van der Waals surface area contributed by atoms with Crippen molar-refractivity contribution in [1.82, 2.24) is 0 Å². The largest absolute Gasteiger partial charge is 0.505 e. The highest BCUT2D eigenvalue weighted by Crippen LogP contribution is 2.35. The second kappa shape index (κ2) is 4.56. The lowest BCUT2D eigenvalue weighted by atomic mass is 10.0. The summed E-state index contributed by atoms with van der Waals surface area (Å²) in [7, 11) is 0.